The highest BCUT2D eigenvalue weighted by Crippen LogP contribution is 2.27. The van der Waals surface area contributed by atoms with E-state index in [1.54, 1.807) is 30.6 Å². The largest absolute Gasteiger partial charge is 0.322 e. The van der Waals surface area contributed by atoms with Crippen LogP contribution in [0.5, 0.6) is 0 Å². The Morgan fingerprint density at radius 3 is 2.74 bits per heavy atom. The molecule has 0 bridgehead atoms. The molecule has 0 saturated carbocycles. The summed E-state index contributed by atoms with van der Waals surface area (Å²) < 4.78 is 40.6. The van der Waals surface area contributed by atoms with Crippen molar-refractivity contribution in [2.24, 2.45) is 0 Å². The van der Waals surface area contributed by atoms with Gasteiger partial charge in [-0.1, -0.05) is 12.1 Å². The van der Waals surface area contributed by atoms with E-state index in [1.807, 2.05) is 24.3 Å². The first-order valence-corrected chi connectivity index (χ1v) is 12.4. The number of pyridine rings is 2. The predicted molar refractivity (Wildman–Crippen MR) is 130 cm³/mol. The van der Waals surface area contributed by atoms with Crippen LogP contribution < -0.4 is 9.62 Å². The molecule has 1 aliphatic rings. The summed E-state index contributed by atoms with van der Waals surface area (Å²) in [4.78, 5) is 21.5. The van der Waals surface area contributed by atoms with Crippen molar-refractivity contribution in [2.75, 3.05) is 21.9 Å². The average Bonchev–Trinajstić information content (AvgIpc) is 2.83. The summed E-state index contributed by atoms with van der Waals surface area (Å²) in [6.45, 7) is 0.305. The van der Waals surface area contributed by atoms with E-state index in [1.165, 1.54) is 16.4 Å². The number of sulfonamides is 1. The van der Waals surface area contributed by atoms with Crippen molar-refractivity contribution in [1.82, 2.24) is 9.97 Å². The molecule has 2 aromatic heterocycles. The maximum Gasteiger partial charge on any atom is 0.258 e. The van der Waals surface area contributed by atoms with Crippen LogP contribution in [0.15, 0.2) is 73.1 Å². The third-order valence-corrected chi connectivity index (χ3v) is 7.61. The molecular weight excluding hydrogens is 455 g/mol. The zero-order valence-corrected chi connectivity index (χ0v) is 18.9. The number of hydrogen-bond acceptors (Lipinski definition) is 5. The van der Waals surface area contributed by atoms with E-state index < -0.39 is 21.7 Å². The number of hydrogen-bond donors (Lipinski definition) is 1. The van der Waals surface area contributed by atoms with E-state index in [9.17, 15) is 17.6 Å². The number of rotatable bonds is 4. The standard InChI is InChI=1S/C25H21FN4O3S/c26-22-15-20(30-12-1-2-13-34(30,32)33)7-8-21(22)25(31)28-19-5-3-4-17(14-19)23-9-6-18-16-27-11-10-24(18)29-23/h3-11,14-16H,1-2,12-13H2,(H,28,31). The number of halogens is 1. The number of benzene rings is 2. The number of nitrogens with one attached hydrogen (secondary N) is 1. The van der Waals surface area contributed by atoms with Gasteiger partial charge in [-0.15, -0.1) is 0 Å². The molecule has 2 aromatic carbocycles. The molecular formula is C25H21FN4O3S. The fraction of sp³-hybridized carbons (Fsp3) is 0.160. The van der Waals surface area contributed by atoms with Crippen molar-refractivity contribution in [2.45, 2.75) is 12.8 Å². The van der Waals surface area contributed by atoms with Crippen LogP contribution >= 0.6 is 0 Å². The number of fused-ring (bicyclic) bond motifs is 1. The van der Waals surface area contributed by atoms with Crippen LogP contribution in [0, 0.1) is 5.82 Å². The Bertz CT molecular complexity index is 1510. The van der Waals surface area contributed by atoms with E-state index >= 15 is 0 Å². The van der Waals surface area contributed by atoms with Gasteiger partial charge in [-0.3, -0.25) is 14.1 Å². The first-order chi connectivity index (χ1) is 16.4. The maximum absolute atomic E-state index is 14.8. The predicted octanol–water partition coefficient (Wildman–Crippen LogP) is 4.62. The number of nitrogens with zero attached hydrogens (tertiary/aromatic N) is 3. The van der Waals surface area contributed by atoms with E-state index in [0.717, 1.165) is 28.2 Å². The van der Waals surface area contributed by atoms with Crippen LogP contribution in [0.4, 0.5) is 15.8 Å². The van der Waals surface area contributed by atoms with Crippen LogP contribution in [0.3, 0.4) is 0 Å². The zero-order valence-electron chi connectivity index (χ0n) is 18.1. The highest BCUT2D eigenvalue weighted by atomic mass is 32.2. The Labute approximate surface area is 196 Å². The highest BCUT2D eigenvalue weighted by Gasteiger charge is 2.27. The van der Waals surface area contributed by atoms with Crippen LogP contribution in [0.1, 0.15) is 23.2 Å². The summed E-state index contributed by atoms with van der Waals surface area (Å²) in [5.41, 5.74) is 2.88. The molecule has 1 N–H and O–H groups in total. The van der Waals surface area contributed by atoms with Gasteiger partial charge in [0, 0.05) is 35.6 Å². The van der Waals surface area contributed by atoms with Gasteiger partial charge >= 0.3 is 0 Å². The van der Waals surface area contributed by atoms with E-state index in [4.69, 9.17) is 0 Å². The molecule has 3 heterocycles. The minimum absolute atomic E-state index is 0.0378. The van der Waals surface area contributed by atoms with E-state index in [0.29, 0.717) is 25.1 Å². The fourth-order valence-corrected chi connectivity index (χ4v) is 5.63. The van der Waals surface area contributed by atoms with Gasteiger partial charge in [0.05, 0.1) is 28.2 Å². The van der Waals surface area contributed by atoms with Gasteiger partial charge in [0.1, 0.15) is 5.82 Å². The number of anilines is 2. The molecule has 0 unspecified atom stereocenters. The van der Waals surface area contributed by atoms with Crippen molar-refractivity contribution in [3.8, 4) is 11.3 Å². The van der Waals surface area contributed by atoms with E-state index in [-0.39, 0.29) is 17.0 Å². The third kappa shape index (κ3) is 4.34. The Balaban J connectivity index is 1.37. The monoisotopic (exact) mass is 476 g/mol. The molecule has 1 amide bonds. The highest BCUT2D eigenvalue weighted by molar-refractivity contribution is 7.92. The van der Waals surface area contributed by atoms with Crippen molar-refractivity contribution in [1.29, 1.82) is 0 Å². The second kappa shape index (κ2) is 8.83. The number of carbonyl (C=O) groups is 1. The van der Waals surface area contributed by atoms with Crippen molar-refractivity contribution in [3.63, 3.8) is 0 Å². The van der Waals surface area contributed by atoms with Gasteiger partial charge in [0.25, 0.3) is 5.91 Å². The lowest BCUT2D eigenvalue weighted by atomic mass is 10.1. The SMILES string of the molecule is O=C(Nc1cccc(-c2ccc3cnccc3n2)c1)c1ccc(N2CCCCS2(=O)=O)cc1F. The average molecular weight is 477 g/mol. The van der Waals surface area contributed by atoms with Crippen LogP contribution in [0.2, 0.25) is 0 Å². The van der Waals surface area contributed by atoms with Crippen LogP contribution in [-0.2, 0) is 10.0 Å². The quantitative estimate of drug-likeness (QED) is 0.464. The van der Waals surface area contributed by atoms with Crippen molar-refractivity contribution in [3.05, 3.63) is 84.4 Å². The lowest BCUT2D eigenvalue weighted by Gasteiger charge is -2.28. The minimum atomic E-state index is -3.46. The van der Waals surface area contributed by atoms with Crippen LogP contribution in [-0.4, -0.2) is 36.6 Å². The third-order valence-electron chi connectivity index (χ3n) is 5.74. The maximum atomic E-state index is 14.8. The molecule has 0 radical (unpaired) electrons. The molecule has 0 atom stereocenters. The second-order valence-electron chi connectivity index (χ2n) is 8.06. The van der Waals surface area contributed by atoms with Crippen molar-refractivity contribution < 1.29 is 17.6 Å². The number of aromatic nitrogens is 2. The molecule has 172 valence electrons. The summed E-state index contributed by atoms with van der Waals surface area (Å²) in [6.07, 6.45) is 4.72. The fourth-order valence-electron chi connectivity index (χ4n) is 4.00. The molecule has 5 rings (SSSR count). The Kier molecular flexibility index (Phi) is 5.70. The van der Waals surface area contributed by atoms with Gasteiger partial charge in [0.15, 0.2) is 0 Å². The topological polar surface area (TPSA) is 92.3 Å². The molecule has 34 heavy (non-hydrogen) atoms. The van der Waals surface area contributed by atoms with Gasteiger partial charge in [0.2, 0.25) is 10.0 Å². The zero-order chi connectivity index (χ0) is 23.7. The normalized spacial score (nSPS) is 15.3. The van der Waals surface area contributed by atoms with Gasteiger partial charge in [-0.2, -0.15) is 0 Å². The Morgan fingerprint density at radius 2 is 1.91 bits per heavy atom. The van der Waals surface area contributed by atoms with Gasteiger partial charge in [-0.25, -0.2) is 17.8 Å². The molecule has 9 heteroatoms. The smallest absolute Gasteiger partial charge is 0.258 e. The molecule has 1 fully saturated rings. The first kappa shape index (κ1) is 22.0. The molecule has 0 spiro atoms. The van der Waals surface area contributed by atoms with E-state index in [2.05, 4.69) is 15.3 Å². The Hall–Kier alpha value is -3.85. The molecule has 0 aliphatic carbocycles. The summed E-state index contributed by atoms with van der Waals surface area (Å²) in [7, 11) is -3.46. The summed E-state index contributed by atoms with van der Waals surface area (Å²) >= 11 is 0. The lowest BCUT2D eigenvalue weighted by Crippen LogP contribution is -2.37. The molecule has 1 aliphatic heterocycles. The Morgan fingerprint density at radius 1 is 1.03 bits per heavy atom. The second-order valence-corrected chi connectivity index (χ2v) is 10.1. The van der Waals surface area contributed by atoms with Crippen molar-refractivity contribution >= 4 is 38.2 Å². The first-order valence-electron chi connectivity index (χ1n) is 10.8. The van der Waals surface area contributed by atoms with Crippen LogP contribution in [0.25, 0.3) is 22.2 Å². The lowest BCUT2D eigenvalue weighted by molar-refractivity contribution is 0.102. The van der Waals surface area contributed by atoms with Gasteiger partial charge in [-0.05, 0) is 61.4 Å². The number of amides is 1. The number of carbonyl (C=O) groups excluding carboxylic acids is 1. The minimum Gasteiger partial charge on any atom is -0.322 e. The molecule has 7 nitrogen and oxygen atoms in total. The summed E-state index contributed by atoms with van der Waals surface area (Å²) in [6, 6.07) is 16.6. The molecule has 4 aromatic rings. The summed E-state index contributed by atoms with van der Waals surface area (Å²) in [5.74, 6) is -1.37. The summed E-state index contributed by atoms with van der Waals surface area (Å²) in [5, 5.41) is 3.64. The van der Waals surface area contributed by atoms with Gasteiger partial charge < -0.3 is 5.32 Å². The molecule has 1 saturated heterocycles.